The van der Waals surface area contributed by atoms with E-state index in [-0.39, 0.29) is 0 Å². The molecule has 1 fully saturated rings. The van der Waals surface area contributed by atoms with Crippen molar-refractivity contribution in [1.29, 1.82) is 0 Å². The minimum atomic E-state index is -0.765. The fourth-order valence-corrected chi connectivity index (χ4v) is 5.91. The highest BCUT2D eigenvalue weighted by Crippen LogP contribution is 2.42. The summed E-state index contributed by atoms with van der Waals surface area (Å²) in [6.45, 7) is 12.2. The summed E-state index contributed by atoms with van der Waals surface area (Å²) in [7, 11) is 0. The molecule has 1 aliphatic heterocycles. The van der Waals surface area contributed by atoms with Gasteiger partial charge in [-0.3, -0.25) is 0 Å². The molecule has 0 aromatic carbocycles. The van der Waals surface area contributed by atoms with Crippen LogP contribution in [0.5, 0.6) is 0 Å². The Morgan fingerprint density at radius 2 is 1.79 bits per heavy atom. The molecule has 0 amide bonds. The average molecular weight is 413 g/mol. The summed E-state index contributed by atoms with van der Waals surface area (Å²) in [5.41, 5.74) is 6.22. The maximum Gasteiger partial charge on any atom is 0.103 e. The molecule has 0 aliphatic carbocycles. The van der Waals surface area contributed by atoms with Crippen molar-refractivity contribution in [3.63, 3.8) is 0 Å². The van der Waals surface area contributed by atoms with Gasteiger partial charge in [0.15, 0.2) is 0 Å². The van der Waals surface area contributed by atoms with Crippen LogP contribution in [-0.4, -0.2) is 27.9 Å². The quantitative estimate of drug-likeness (QED) is 0.555. The van der Waals surface area contributed by atoms with Gasteiger partial charge in [-0.05, 0) is 62.4 Å². The van der Waals surface area contributed by atoms with Gasteiger partial charge in [0.1, 0.15) is 5.60 Å². The van der Waals surface area contributed by atoms with Crippen molar-refractivity contribution in [2.75, 3.05) is 13.2 Å². The normalized spacial score (nSPS) is 16.8. The highest BCUT2D eigenvalue weighted by Gasteiger charge is 2.34. The molecule has 5 heteroatoms. The Hall–Kier alpha value is -1.69. The fourth-order valence-electron chi connectivity index (χ4n) is 4.54. The third-order valence-corrected chi connectivity index (χ3v) is 7.86. The Bertz CT molecular complexity index is 1020. The van der Waals surface area contributed by atoms with Crippen LogP contribution in [0.25, 0.3) is 21.6 Å². The molecule has 0 bridgehead atoms. The second-order valence-corrected chi connectivity index (χ2v) is 9.53. The van der Waals surface area contributed by atoms with Crippen LogP contribution in [0.2, 0.25) is 0 Å². The zero-order chi connectivity index (χ0) is 20.8. The van der Waals surface area contributed by atoms with E-state index in [0.717, 1.165) is 28.9 Å². The van der Waals surface area contributed by atoms with E-state index in [4.69, 9.17) is 9.72 Å². The molecule has 0 radical (unpaired) electrons. The molecule has 4 rings (SSSR count). The highest BCUT2D eigenvalue weighted by atomic mass is 32.1. The predicted molar refractivity (Wildman–Crippen MR) is 121 cm³/mol. The summed E-state index contributed by atoms with van der Waals surface area (Å²) < 4.78 is 7.87. The molecule has 3 aromatic rings. The lowest BCUT2D eigenvalue weighted by Gasteiger charge is -2.31. The van der Waals surface area contributed by atoms with Gasteiger partial charge in [-0.2, -0.15) is 0 Å². The van der Waals surface area contributed by atoms with Crippen LogP contribution in [0.1, 0.15) is 67.1 Å². The number of fused-ring (bicyclic) bond motifs is 1. The summed E-state index contributed by atoms with van der Waals surface area (Å²) in [6, 6.07) is 4.96. The molecular weight excluding hydrogens is 380 g/mol. The van der Waals surface area contributed by atoms with Crippen LogP contribution in [-0.2, 0) is 10.3 Å². The first-order valence-electron chi connectivity index (χ1n) is 10.8. The van der Waals surface area contributed by atoms with Crippen molar-refractivity contribution in [2.45, 2.75) is 71.9 Å². The summed E-state index contributed by atoms with van der Waals surface area (Å²) in [5, 5.41) is 11.1. The number of aliphatic hydroxyl groups is 1. The second kappa shape index (κ2) is 7.86. The Morgan fingerprint density at radius 3 is 2.45 bits per heavy atom. The third-order valence-electron chi connectivity index (χ3n) is 6.42. The molecule has 0 spiro atoms. The smallest absolute Gasteiger partial charge is 0.103 e. The number of aromatic nitrogens is 2. The third kappa shape index (κ3) is 3.54. The van der Waals surface area contributed by atoms with Crippen LogP contribution >= 0.6 is 11.3 Å². The number of ether oxygens (including phenoxy) is 1. The highest BCUT2D eigenvalue weighted by molar-refractivity contribution is 7.15. The average Bonchev–Trinajstić information content (AvgIpc) is 3.24. The number of pyridine rings is 1. The van der Waals surface area contributed by atoms with Crippen molar-refractivity contribution >= 4 is 22.4 Å². The fraction of sp³-hybridized carbons (Fsp3) is 0.542. The van der Waals surface area contributed by atoms with Crippen LogP contribution < -0.4 is 0 Å². The van der Waals surface area contributed by atoms with E-state index < -0.39 is 5.60 Å². The van der Waals surface area contributed by atoms with Crippen molar-refractivity contribution in [3.05, 3.63) is 39.9 Å². The number of rotatable bonds is 5. The van der Waals surface area contributed by atoms with Gasteiger partial charge in [0.05, 0.1) is 21.6 Å². The van der Waals surface area contributed by atoms with Gasteiger partial charge >= 0.3 is 0 Å². The molecular formula is C24H32N2O2S. The van der Waals surface area contributed by atoms with E-state index in [1.807, 2.05) is 0 Å². The molecule has 0 saturated carbocycles. The Kier molecular flexibility index (Phi) is 5.58. The van der Waals surface area contributed by atoms with E-state index in [0.29, 0.717) is 32.1 Å². The lowest BCUT2D eigenvalue weighted by atomic mass is 9.92. The maximum absolute atomic E-state index is 11.1. The summed E-state index contributed by atoms with van der Waals surface area (Å²) >= 11 is 1.69. The molecule has 1 aliphatic rings. The van der Waals surface area contributed by atoms with Crippen LogP contribution in [0, 0.1) is 20.8 Å². The lowest BCUT2D eigenvalue weighted by molar-refractivity contribution is -0.0656. The van der Waals surface area contributed by atoms with E-state index in [1.165, 1.54) is 27.1 Å². The minimum absolute atomic E-state index is 0.510. The lowest BCUT2D eigenvalue weighted by Crippen LogP contribution is -2.32. The van der Waals surface area contributed by atoms with Gasteiger partial charge in [0, 0.05) is 43.2 Å². The Labute approximate surface area is 177 Å². The summed E-state index contributed by atoms with van der Waals surface area (Å²) in [5.74, 6) is 0. The molecule has 1 saturated heterocycles. The Balaban J connectivity index is 1.81. The minimum Gasteiger partial charge on any atom is -0.384 e. The molecule has 29 heavy (non-hydrogen) atoms. The van der Waals surface area contributed by atoms with Gasteiger partial charge in [-0.1, -0.05) is 13.8 Å². The summed E-state index contributed by atoms with van der Waals surface area (Å²) in [4.78, 5) is 7.36. The monoisotopic (exact) mass is 412 g/mol. The first kappa shape index (κ1) is 20.6. The van der Waals surface area contributed by atoms with Gasteiger partial charge < -0.3 is 14.4 Å². The van der Waals surface area contributed by atoms with E-state index in [1.54, 1.807) is 11.3 Å². The van der Waals surface area contributed by atoms with Gasteiger partial charge in [0.2, 0.25) is 0 Å². The van der Waals surface area contributed by atoms with E-state index >= 15 is 0 Å². The number of aryl methyl sites for hydroxylation is 3. The zero-order valence-corrected chi connectivity index (χ0v) is 19.0. The first-order valence-corrected chi connectivity index (χ1v) is 11.6. The van der Waals surface area contributed by atoms with E-state index in [9.17, 15) is 5.11 Å². The van der Waals surface area contributed by atoms with Gasteiger partial charge in [0.25, 0.3) is 0 Å². The van der Waals surface area contributed by atoms with Crippen LogP contribution in [0.4, 0.5) is 0 Å². The van der Waals surface area contributed by atoms with Gasteiger partial charge in [-0.25, -0.2) is 4.98 Å². The first-order chi connectivity index (χ1) is 13.9. The maximum atomic E-state index is 11.1. The Morgan fingerprint density at radius 1 is 1.10 bits per heavy atom. The number of hydrogen-bond donors (Lipinski definition) is 1. The molecule has 4 nitrogen and oxygen atoms in total. The van der Waals surface area contributed by atoms with Gasteiger partial charge in [-0.15, -0.1) is 11.3 Å². The standard InChI is InChI=1S/C24H32N2O2S/c1-6-18(7-2)26-14-17(5)21-19(26)12-15(3)22(25-21)23-16(4)13-20(29-23)24(27)8-10-28-11-9-24/h12-14,18,27H,6-11H2,1-5H3. The topological polar surface area (TPSA) is 47.3 Å². The number of thiophene rings is 1. The van der Waals surface area contributed by atoms with Crippen molar-refractivity contribution in [1.82, 2.24) is 9.55 Å². The number of hydrogen-bond acceptors (Lipinski definition) is 4. The van der Waals surface area contributed by atoms with Crippen molar-refractivity contribution in [2.24, 2.45) is 0 Å². The van der Waals surface area contributed by atoms with Crippen molar-refractivity contribution in [3.8, 4) is 10.6 Å². The van der Waals surface area contributed by atoms with E-state index in [2.05, 4.69) is 57.5 Å². The van der Waals surface area contributed by atoms with Crippen molar-refractivity contribution < 1.29 is 9.84 Å². The zero-order valence-electron chi connectivity index (χ0n) is 18.2. The molecule has 0 unspecified atom stereocenters. The summed E-state index contributed by atoms with van der Waals surface area (Å²) in [6.07, 6.45) is 5.83. The molecule has 4 heterocycles. The second-order valence-electron chi connectivity index (χ2n) is 8.48. The molecule has 3 aromatic heterocycles. The predicted octanol–water partition coefficient (Wildman–Crippen LogP) is 6.05. The SMILES string of the molecule is CCC(CC)n1cc(C)c2nc(-c3sc(C4(O)CCOCC4)cc3C)c(C)cc21. The molecule has 156 valence electrons. The van der Waals surface area contributed by atoms with Crippen LogP contribution in [0.15, 0.2) is 18.3 Å². The molecule has 1 N–H and O–H groups in total. The largest absolute Gasteiger partial charge is 0.384 e. The van der Waals surface area contributed by atoms with Crippen LogP contribution in [0.3, 0.4) is 0 Å². The number of nitrogens with zero attached hydrogens (tertiary/aromatic N) is 2. The molecule has 0 atom stereocenters.